The Hall–Kier alpha value is -1.90. The molecule has 0 bridgehead atoms. The molecule has 1 aliphatic heterocycles. The topological polar surface area (TPSA) is 73.6 Å². The van der Waals surface area contributed by atoms with E-state index < -0.39 is 11.9 Å². The second kappa shape index (κ2) is 7.21. The lowest BCUT2D eigenvalue weighted by Crippen LogP contribution is -2.43. The minimum atomic E-state index is -0.802. The van der Waals surface area contributed by atoms with Crippen LogP contribution in [0.2, 0.25) is 0 Å². The molecule has 1 saturated heterocycles. The first-order valence-electron chi connectivity index (χ1n) is 7.19. The molecular formula is C16H20N2O3. The van der Waals surface area contributed by atoms with Crippen LogP contribution in [0.15, 0.2) is 24.3 Å². The first kappa shape index (κ1) is 15.5. The Morgan fingerprint density at radius 2 is 2.33 bits per heavy atom. The molecule has 112 valence electrons. The van der Waals surface area contributed by atoms with Crippen molar-refractivity contribution >= 4 is 5.97 Å². The predicted molar refractivity (Wildman–Crippen MR) is 77.6 cm³/mol. The molecule has 0 radical (unpaired) electrons. The third-order valence-electron chi connectivity index (χ3n) is 3.79. The van der Waals surface area contributed by atoms with Crippen molar-refractivity contribution in [2.24, 2.45) is 5.92 Å². The summed E-state index contributed by atoms with van der Waals surface area (Å²) in [5.74, 6) is -1.28. The van der Waals surface area contributed by atoms with Crippen LogP contribution in [0.4, 0.5) is 0 Å². The Balaban J connectivity index is 2.15. The Labute approximate surface area is 124 Å². The lowest BCUT2D eigenvalue weighted by molar-refractivity contribution is -0.143. The van der Waals surface area contributed by atoms with Gasteiger partial charge in [-0.05, 0) is 30.7 Å². The van der Waals surface area contributed by atoms with Crippen molar-refractivity contribution < 1.29 is 14.6 Å². The van der Waals surface area contributed by atoms with Crippen LogP contribution < -0.4 is 0 Å². The molecule has 1 aromatic carbocycles. The number of carboxylic acid groups (broad SMARTS) is 1. The summed E-state index contributed by atoms with van der Waals surface area (Å²) in [5, 5.41) is 18.3. The zero-order valence-electron chi connectivity index (χ0n) is 12.2. The molecule has 2 unspecified atom stereocenters. The van der Waals surface area contributed by atoms with Gasteiger partial charge >= 0.3 is 5.97 Å². The van der Waals surface area contributed by atoms with Crippen LogP contribution in [0.25, 0.3) is 0 Å². The molecule has 1 fully saturated rings. The van der Waals surface area contributed by atoms with E-state index in [1.54, 1.807) is 6.07 Å². The molecule has 0 amide bonds. The lowest BCUT2D eigenvalue weighted by Gasteiger charge is -2.30. The average molecular weight is 288 g/mol. The van der Waals surface area contributed by atoms with Crippen molar-refractivity contribution in [1.29, 1.82) is 5.26 Å². The molecule has 5 heteroatoms. The first-order valence-corrected chi connectivity index (χ1v) is 7.19. The van der Waals surface area contributed by atoms with Crippen LogP contribution in [0.5, 0.6) is 0 Å². The zero-order valence-corrected chi connectivity index (χ0v) is 12.2. The second-order valence-electron chi connectivity index (χ2n) is 5.33. The van der Waals surface area contributed by atoms with Crippen LogP contribution in [-0.2, 0) is 16.1 Å². The molecule has 1 aromatic rings. The Kier molecular flexibility index (Phi) is 5.32. The first-order chi connectivity index (χ1) is 10.2. The van der Waals surface area contributed by atoms with Crippen LogP contribution in [0.1, 0.15) is 24.5 Å². The van der Waals surface area contributed by atoms with Gasteiger partial charge in [-0.2, -0.15) is 5.26 Å². The molecule has 1 N–H and O–H groups in total. The number of carboxylic acids is 1. The summed E-state index contributed by atoms with van der Waals surface area (Å²) in [7, 11) is 0. The van der Waals surface area contributed by atoms with E-state index in [-0.39, 0.29) is 12.6 Å². The van der Waals surface area contributed by atoms with E-state index in [4.69, 9.17) is 10.00 Å². The van der Waals surface area contributed by atoms with Gasteiger partial charge < -0.3 is 9.84 Å². The minimum Gasteiger partial charge on any atom is -0.481 e. The molecule has 1 heterocycles. The van der Waals surface area contributed by atoms with Crippen molar-refractivity contribution in [3.05, 3.63) is 35.4 Å². The summed E-state index contributed by atoms with van der Waals surface area (Å²) in [6, 6.07) is 9.48. The van der Waals surface area contributed by atoms with Crippen LogP contribution in [0.3, 0.4) is 0 Å². The molecule has 0 aromatic heterocycles. The molecule has 2 rings (SSSR count). The van der Waals surface area contributed by atoms with Crippen molar-refractivity contribution in [3.8, 4) is 6.07 Å². The Morgan fingerprint density at radius 1 is 1.52 bits per heavy atom. The van der Waals surface area contributed by atoms with Gasteiger partial charge in [0.15, 0.2) is 0 Å². The summed E-state index contributed by atoms with van der Waals surface area (Å²) < 4.78 is 5.37. The number of aliphatic carboxylic acids is 1. The maximum absolute atomic E-state index is 11.3. The molecule has 2 atom stereocenters. The Morgan fingerprint density at radius 3 is 3.00 bits per heavy atom. The lowest BCUT2D eigenvalue weighted by atomic mass is 10.0. The highest BCUT2D eigenvalue weighted by Gasteiger charge is 2.37. The number of benzene rings is 1. The summed E-state index contributed by atoms with van der Waals surface area (Å²) in [6.07, 6.45) is 0.945. The fourth-order valence-electron chi connectivity index (χ4n) is 2.76. The van der Waals surface area contributed by atoms with Gasteiger partial charge in [0, 0.05) is 12.6 Å². The van der Waals surface area contributed by atoms with Gasteiger partial charge in [-0.1, -0.05) is 19.1 Å². The standard InChI is InChI=1S/C16H20N2O3/c1-2-6-18(15-11-21-10-14(15)16(19)20)9-13-5-3-4-12(7-13)8-17/h3-5,7,14-15H,2,6,9-11H2,1H3,(H,19,20). The predicted octanol–water partition coefficient (Wildman–Crippen LogP) is 1.87. The largest absolute Gasteiger partial charge is 0.481 e. The SMILES string of the molecule is CCCN(Cc1cccc(C#N)c1)C1COCC1C(=O)O. The third kappa shape index (κ3) is 3.81. The monoisotopic (exact) mass is 288 g/mol. The number of hydrogen-bond donors (Lipinski definition) is 1. The van der Waals surface area contributed by atoms with Crippen molar-refractivity contribution in [2.75, 3.05) is 19.8 Å². The molecule has 1 aliphatic rings. The molecule has 21 heavy (non-hydrogen) atoms. The normalized spacial score (nSPS) is 21.4. The minimum absolute atomic E-state index is 0.104. The van der Waals surface area contributed by atoms with Crippen LogP contribution >= 0.6 is 0 Å². The second-order valence-corrected chi connectivity index (χ2v) is 5.33. The van der Waals surface area contributed by atoms with Crippen molar-refractivity contribution in [3.63, 3.8) is 0 Å². The molecule has 0 saturated carbocycles. The van der Waals surface area contributed by atoms with E-state index in [9.17, 15) is 9.90 Å². The van der Waals surface area contributed by atoms with Gasteiger partial charge in [0.2, 0.25) is 0 Å². The fraction of sp³-hybridized carbons (Fsp3) is 0.500. The fourth-order valence-corrected chi connectivity index (χ4v) is 2.76. The van der Waals surface area contributed by atoms with Gasteiger partial charge in [0.25, 0.3) is 0 Å². The quantitative estimate of drug-likeness (QED) is 0.865. The van der Waals surface area contributed by atoms with E-state index in [1.807, 2.05) is 18.2 Å². The summed E-state index contributed by atoms with van der Waals surface area (Å²) in [4.78, 5) is 13.5. The zero-order chi connectivity index (χ0) is 15.2. The highest BCUT2D eigenvalue weighted by Crippen LogP contribution is 2.22. The van der Waals surface area contributed by atoms with Gasteiger partial charge in [-0.3, -0.25) is 9.69 Å². The van der Waals surface area contributed by atoms with E-state index in [2.05, 4.69) is 17.9 Å². The van der Waals surface area contributed by atoms with Gasteiger partial charge in [-0.25, -0.2) is 0 Å². The highest BCUT2D eigenvalue weighted by molar-refractivity contribution is 5.71. The van der Waals surface area contributed by atoms with Crippen molar-refractivity contribution in [2.45, 2.75) is 25.9 Å². The van der Waals surface area contributed by atoms with Crippen LogP contribution in [0, 0.1) is 17.2 Å². The van der Waals surface area contributed by atoms with Crippen LogP contribution in [-0.4, -0.2) is 41.8 Å². The molecule has 0 spiro atoms. The summed E-state index contributed by atoms with van der Waals surface area (Å²) in [6.45, 7) is 4.26. The summed E-state index contributed by atoms with van der Waals surface area (Å²) in [5.41, 5.74) is 1.65. The smallest absolute Gasteiger partial charge is 0.310 e. The average Bonchev–Trinajstić information content (AvgIpc) is 2.96. The summed E-state index contributed by atoms with van der Waals surface area (Å²) >= 11 is 0. The van der Waals surface area contributed by atoms with E-state index >= 15 is 0 Å². The maximum atomic E-state index is 11.3. The number of nitriles is 1. The van der Waals surface area contributed by atoms with Gasteiger partial charge in [0.05, 0.1) is 30.8 Å². The maximum Gasteiger partial charge on any atom is 0.310 e. The number of carbonyl (C=O) groups is 1. The third-order valence-corrected chi connectivity index (χ3v) is 3.79. The van der Waals surface area contributed by atoms with E-state index in [1.165, 1.54) is 0 Å². The number of hydrogen-bond acceptors (Lipinski definition) is 4. The number of rotatable bonds is 6. The molecular weight excluding hydrogens is 268 g/mol. The number of ether oxygens (including phenoxy) is 1. The molecule has 5 nitrogen and oxygen atoms in total. The number of nitrogens with zero attached hydrogens (tertiary/aromatic N) is 2. The van der Waals surface area contributed by atoms with Crippen molar-refractivity contribution in [1.82, 2.24) is 4.90 Å². The van der Waals surface area contributed by atoms with Gasteiger partial charge in [0.1, 0.15) is 0 Å². The highest BCUT2D eigenvalue weighted by atomic mass is 16.5. The van der Waals surface area contributed by atoms with E-state index in [0.717, 1.165) is 18.5 Å². The molecule has 0 aliphatic carbocycles. The van der Waals surface area contributed by atoms with E-state index in [0.29, 0.717) is 18.7 Å². The van der Waals surface area contributed by atoms with Gasteiger partial charge in [-0.15, -0.1) is 0 Å². The Bertz CT molecular complexity index is 539.